The van der Waals surface area contributed by atoms with Gasteiger partial charge in [-0.2, -0.15) is 5.10 Å². The molecule has 1 amide bonds. The summed E-state index contributed by atoms with van der Waals surface area (Å²) >= 11 is 0. The zero-order valence-electron chi connectivity index (χ0n) is 9.10. The van der Waals surface area contributed by atoms with E-state index < -0.39 is 0 Å². The second kappa shape index (κ2) is 4.47. The summed E-state index contributed by atoms with van der Waals surface area (Å²) in [6.45, 7) is 2.76. The standard InChI is InChI=1S/C11H17N3O/c1-2-7-12-11(15)10-8-5-3-4-6-9(8)13-14-10/h2-7H2,1H3,(H,12,15)(H,13,14). The van der Waals surface area contributed by atoms with Gasteiger partial charge >= 0.3 is 0 Å². The normalized spacial score (nSPS) is 14.7. The molecule has 1 aromatic rings. The highest BCUT2D eigenvalue weighted by molar-refractivity contribution is 5.94. The van der Waals surface area contributed by atoms with Gasteiger partial charge in [0.05, 0.1) is 0 Å². The van der Waals surface area contributed by atoms with Crippen LogP contribution in [0.25, 0.3) is 0 Å². The van der Waals surface area contributed by atoms with E-state index in [0.717, 1.165) is 37.1 Å². The molecule has 0 aromatic carbocycles. The number of nitrogens with zero attached hydrogens (tertiary/aromatic N) is 1. The Morgan fingerprint density at radius 2 is 2.27 bits per heavy atom. The second-order valence-electron chi connectivity index (χ2n) is 3.99. The quantitative estimate of drug-likeness (QED) is 0.787. The van der Waals surface area contributed by atoms with Crippen LogP contribution in [-0.4, -0.2) is 22.6 Å². The van der Waals surface area contributed by atoms with Gasteiger partial charge in [0.25, 0.3) is 5.91 Å². The molecule has 82 valence electrons. The van der Waals surface area contributed by atoms with Gasteiger partial charge in [-0.15, -0.1) is 0 Å². The molecule has 4 heteroatoms. The highest BCUT2D eigenvalue weighted by Gasteiger charge is 2.20. The predicted octanol–water partition coefficient (Wildman–Crippen LogP) is 1.43. The SMILES string of the molecule is CCCNC(=O)c1n[nH]c2c1CCCC2. The molecule has 0 radical (unpaired) electrons. The molecule has 2 N–H and O–H groups in total. The molecule has 0 spiro atoms. The van der Waals surface area contributed by atoms with Gasteiger partial charge in [-0.05, 0) is 32.1 Å². The molecule has 1 aromatic heterocycles. The summed E-state index contributed by atoms with van der Waals surface area (Å²) in [4.78, 5) is 11.7. The minimum atomic E-state index is -0.0312. The van der Waals surface area contributed by atoms with E-state index in [4.69, 9.17) is 0 Å². The van der Waals surface area contributed by atoms with E-state index >= 15 is 0 Å². The number of hydrogen-bond acceptors (Lipinski definition) is 2. The Morgan fingerprint density at radius 3 is 3.07 bits per heavy atom. The summed E-state index contributed by atoms with van der Waals surface area (Å²) in [5.74, 6) is -0.0312. The first-order valence-corrected chi connectivity index (χ1v) is 5.67. The molecule has 1 heterocycles. The summed E-state index contributed by atoms with van der Waals surface area (Å²) in [5.41, 5.74) is 2.90. The van der Waals surface area contributed by atoms with Crippen molar-refractivity contribution in [1.82, 2.24) is 15.5 Å². The van der Waals surface area contributed by atoms with E-state index in [2.05, 4.69) is 15.5 Å². The maximum atomic E-state index is 11.7. The molecule has 0 saturated carbocycles. The number of amides is 1. The van der Waals surface area contributed by atoms with Gasteiger partial charge in [0, 0.05) is 17.8 Å². The number of rotatable bonds is 3. The van der Waals surface area contributed by atoms with Crippen molar-refractivity contribution in [3.8, 4) is 0 Å². The molecule has 1 aliphatic rings. The van der Waals surface area contributed by atoms with Crippen LogP contribution in [0.3, 0.4) is 0 Å². The predicted molar refractivity (Wildman–Crippen MR) is 57.9 cm³/mol. The number of nitrogens with one attached hydrogen (secondary N) is 2. The van der Waals surface area contributed by atoms with E-state index in [9.17, 15) is 4.79 Å². The lowest BCUT2D eigenvalue weighted by atomic mass is 9.96. The number of carbonyl (C=O) groups excluding carboxylic acids is 1. The van der Waals surface area contributed by atoms with Crippen LogP contribution < -0.4 is 5.32 Å². The first kappa shape index (κ1) is 10.2. The van der Waals surface area contributed by atoms with Gasteiger partial charge in [0.2, 0.25) is 0 Å². The summed E-state index contributed by atoms with van der Waals surface area (Å²) < 4.78 is 0. The van der Waals surface area contributed by atoms with Crippen molar-refractivity contribution >= 4 is 5.91 Å². The fraction of sp³-hybridized carbons (Fsp3) is 0.636. The summed E-state index contributed by atoms with van der Waals surface area (Å²) in [5, 5.41) is 9.95. The molecule has 1 aliphatic carbocycles. The maximum absolute atomic E-state index is 11.7. The molecule has 2 rings (SSSR count). The van der Waals surface area contributed by atoms with Crippen LogP contribution in [0.1, 0.15) is 47.9 Å². The lowest BCUT2D eigenvalue weighted by Crippen LogP contribution is -2.25. The molecule has 0 aliphatic heterocycles. The molecule has 0 fully saturated rings. The molecule has 4 nitrogen and oxygen atoms in total. The fourth-order valence-electron chi connectivity index (χ4n) is 1.99. The van der Waals surface area contributed by atoms with E-state index in [-0.39, 0.29) is 5.91 Å². The van der Waals surface area contributed by atoms with E-state index in [0.29, 0.717) is 5.69 Å². The summed E-state index contributed by atoms with van der Waals surface area (Å²) in [6.07, 6.45) is 5.34. The van der Waals surface area contributed by atoms with E-state index in [1.54, 1.807) is 0 Å². The first-order valence-electron chi connectivity index (χ1n) is 5.67. The summed E-state index contributed by atoms with van der Waals surface area (Å²) in [7, 11) is 0. The average Bonchev–Trinajstić information content (AvgIpc) is 2.69. The Morgan fingerprint density at radius 1 is 1.47 bits per heavy atom. The molecule has 0 atom stereocenters. The van der Waals surface area contributed by atoms with Crippen LogP contribution >= 0.6 is 0 Å². The minimum Gasteiger partial charge on any atom is -0.351 e. The van der Waals surface area contributed by atoms with Crippen molar-refractivity contribution in [1.29, 1.82) is 0 Å². The van der Waals surface area contributed by atoms with Crippen LogP contribution in [0.4, 0.5) is 0 Å². The lowest BCUT2D eigenvalue weighted by Gasteiger charge is -2.10. The number of aromatic amines is 1. The van der Waals surface area contributed by atoms with Gasteiger partial charge in [-0.3, -0.25) is 9.89 Å². The van der Waals surface area contributed by atoms with Crippen molar-refractivity contribution in [2.75, 3.05) is 6.54 Å². The Hall–Kier alpha value is -1.32. The van der Waals surface area contributed by atoms with Crippen LogP contribution in [-0.2, 0) is 12.8 Å². The number of H-pyrrole nitrogens is 1. The number of aromatic nitrogens is 2. The Labute approximate surface area is 89.5 Å². The highest BCUT2D eigenvalue weighted by atomic mass is 16.1. The Balaban J connectivity index is 2.14. The molecule has 15 heavy (non-hydrogen) atoms. The minimum absolute atomic E-state index is 0.0312. The topological polar surface area (TPSA) is 57.8 Å². The van der Waals surface area contributed by atoms with Crippen LogP contribution in [0.15, 0.2) is 0 Å². The van der Waals surface area contributed by atoms with Crippen LogP contribution in [0.2, 0.25) is 0 Å². The van der Waals surface area contributed by atoms with Crippen molar-refractivity contribution in [3.05, 3.63) is 17.0 Å². The van der Waals surface area contributed by atoms with Crippen LogP contribution in [0, 0.1) is 0 Å². The zero-order chi connectivity index (χ0) is 10.7. The largest absolute Gasteiger partial charge is 0.351 e. The Bertz CT molecular complexity index is 357. The number of carbonyl (C=O) groups is 1. The third kappa shape index (κ3) is 2.03. The van der Waals surface area contributed by atoms with Gasteiger partial charge < -0.3 is 5.32 Å². The van der Waals surface area contributed by atoms with Crippen molar-refractivity contribution in [3.63, 3.8) is 0 Å². The monoisotopic (exact) mass is 207 g/mol. The van der Waals surface area contributed by atoms with Gasteiger partial charge in [-0.25, -0.2) is 0 Å². The average molecular weight is 207 g/mol. The van der Waals surface area contributed by atoms with Gasteiger partial charge in [0.1, 0.15) is 0 Å². The maximum Gasteiger partial charge on any atom is 0.272 e. The molecule has 0 saturated heterocycles. The van der Waals surface area contributed by atoms with E-state index in [1.807, 2.05) is 6.92 Å². The molecule has 0 unspecified atom stereocenters. The molecular weight excluding hydrogens is 190 g/mol. The Kier molecular flexibility index (Phi) is 3.04. The van der Waals surface area contributed by atoms with Crippen molar-refractivity contribution < 1.29 is 4.79 Å². The number of hydrogen-bond donors (Lipinski definition) is 2. The smallest absolute Gasteiger partial charge is 0.272 e. The number of fused-ring (bicyclic) bond motifs is 1. The zero-order valence-corrected chi connectivity index (χ0v) is 9.10. The highest BCUT2D eigenvalue weighted by Crippen LogP contribution is 2.21. The third-order valence-corrected chi connectivity index (χ3v) is 2.81. The fourth-order valence-corrected chi connectivity index (χ4v) is 1.99. The molecule has 0 bridgehead atoms. The van der Waals surface area contributed by atoms with Crippen molar-refractivity contribution in [2.24, 2.45) is 0 Å². The van der Waals surface area contributed by atoms with Gasteiger partial charge in [0.15, 0.2) is 5.69 Å². The van der Waals surface area contributed by atoms with Crippen LogP contribution in [0.5, 0.6) is 0 Å². The number of aryl methyl sites for hydroxylation is 1. The third-order valence-electron chi connectivity index (χ3n) is 2.81. The lowest BCUT2D eigenvalue weighted by molar-refractivity contribution is 0.0947. The first-order chi connectivity index (χ1) is 7.33. The second-order valence-corrected chi connectivity index (χ2v) is 3.99. The molecular formula is C11H17N3O. The van der Waals surface area contributed by atoms with E-state index in [1.165, 1.54) is 12.8 Å². The van der Waals surface area contributed by atoms with Crippen molar-refractivity contribution in [2.45, 2.75) is 39.0 Å². The summed E-state index contributed by atoms with van der Waals surface area (Å²) in [6, 6.07) is 0. The van der Waals surface area contributed by atoms with Gasteiger partial charge in [-0.1, -0.05) is 6.92 Å².